The summed E-state index contributed by atoms with van der Waals surface area (Å²) in [6, 6.07) is 49.8. The second-order valence-corrected chi connectivity index (χ2v) is 18.5. The highest BCUT2D eigenvalue weighted by Gasteiger charge is 2.27. The predicted octanol–water partition coefficient (Wildman–Crippen LogP) is 19.5. The molecule has 66 heavy (non-hydrogen) atoms. The lowest BCUT2D eigenvalue weighted by molar-refractivity contribution is 1.12. The molecule has 0 aliphatic carbocycles. The van der Waals surface area contributed by atoms with Crippen molar-refractivity contribution >= 4 is 142 Å². The minimum absolute atomic E-state index is 1.09. The van der Waals surface area contributed by atoms with Crippen LogP contribution in [0.5, 0.6) is 0 Å². The van der Waals surface area contributed by atoms with Crippen LogP contribution in [-0.4, -0.2) is 9.13 Å². The number of thiophene rings is 2. The Bertz CT molecular complexity index is 4000. The number of rotatable bonds is 6. The molecule has 12 aromatic rings. The fourth-order valence-corrected chi connectivity index (χ4v) is 12.3. The molecule has 0 atom stereocenters. The summed E-state index contributed by atoms with van der Waals surface area (Å²) in [5, 5.41) is 15.0. The number of fused-ring (bicyclic) bond motifs is 17. The Kier molecular flexibility index (Phi) is 11.2. The lowest BCUT2D eigenvalue weighted by Gasteiger charge is -2.17. The second kappa shape index (κ2) is 17.5. The zero-order chi connectivity index (χ0) is 45.6. The summed E-state index contributed by atoms with van der Waals surface area (Å²) < 4.78 is 8.86. The van der Waals surface area contributed by atoms with Gasteiger partial charge < -0.3 is 9.13 Å². The van der Waals surface area contributed by atoms with Gasteiger partial charge >= 0.3 is 0 Å². The molecule has 0 saturated carbocycles. The van der Waals surface area contributed by atoms with Crippen LogP contribution < -0.4 is 0 Å². The molecule has 0 amide bonds. The van der Waals surface area contributed by atoms with Crippen molar-refractivity contribution in [2.75, 3.05) is 0 Å². The molecule has 0 bridgehead atoms. The predicted molar refractivity (Wildman–Crippen MR) is 300 cm³/mol. The molecule has 4 heterocycles. The van der Waals surface area contributed by atoms with Gasteiger partial charge in [0.25, 0.3) is 0 Å². The van der Waals surface area contributed by atoms with E-state index in [0.717, 1.165) is 17.1 Å². The molecule has 0 radical (unpaired) electrons. The van der Waals surface area contributed by atoms with Gasteiger partial charge in [0.1, 0.15) is 0 Å². The van der Waals surface area contributed by atoms with E-state index in [1.807, 2.05) is 31.3 Å². The fraction of sp³-hybridized carbons (Fsp3) is 0.0645. The smallest absolute Gasteiger partial charge is 0.0626 e. The van der Waals surface area contributed by atoms with Crippen LogP contribution in [0.2, 0.25) is 0 Å². The van der Waals surface area contributed by atoms with Crippen molar-refractivity contribution in [3.05, 3.63) is 206 Å². The van der Waals surface area contributed by atoms with Gasteiger partial charge in [-0.05, 0) is 98.5 Å². The number of hydrogen-bond donors (Lipinski definition) is 0. The number of aromatic nitrogens is 2. The van der Waals surface area contributed by atoms with E-state index < -0.39 is 0 Å². The Labute approximate surface area is 394 Å². The Morgan fingerprint density at radius 2 is 0.909 bits per heavy atom. The molecular weight excluding hydrogens is 837 g/mol. The Morgan fingerprint density at radius 3 is 1.53 bits per heavy atom. The molecule has 2 nitrogen and oxygen atoms in total. The first-order valence-electron chi connectivity index (χ1n) is 22.5. The summed E-state index contributed by atoms with van der Waals surface area (Å²) in [5.41, 5.74) is 9.35. The van der Waals surface area contributed by atoms with Crippen molar-refractivity contribution < 1.29 is 0 Å². The second-order valence-electron chi connectivity index (χ2n) is 16.3. The van der Waals surface area contributed by atoms with Crippen molar-refractivity contribution in [3.8, 4) is 11.4 Å². The summed E-state index contributed by atoms with van der Waals surface area (Å²) in [7, 11) is 0. The molecule has 0 fully saturated rings. The van der Waals surface area contributed by atoms with Crippen molar-refractivity contribution in [1.82, 2.24) is 9.13 Å². The third-order valence-electron chi connectivity index (χ3n) is 12.4. The highest BCUT2D eigenvalue weighted by molar-refractivity contribution is 7.25. The zero-order valence-electron chi connectivity index (χ0n) is 37.9. The van der Waals surface area contributed by atoms with Gasteiger partial charge in [0, 0.05) is 90.0 Å². The van der Waals surface area contributed by atoms with E-state index >= 15 is 0 Å². The van der Waals surface area contributed by atoms with E-state index in [4.69, 9.17) is 0 Å². The third-order valence-corrected chi connectivity index (χ3v) is 14.8. The summed E-state index contributed by atoms with van der Waals surface area (Å²) in [5.74, 6) is 0. The van der Waals surface area contributed by atoms with Crippen LogP contribution in [0.1, 0.15) is 49.4 Å². The first-order valence-corrected chi connectivity index (χ1v) is 24.1. The maximum Gasteiger partial charge on any atom is 0.0626 e. The topological polar surface area (TPSA) is 9.86 Å². The largest absolute Gasteiger partial charge is 0.309 e. The van der Waals surface area contributed by atoms with E-state index in [9.17, 15) is 0 Å². The van der Waals surface area contributed by atoms with E-state index in [-0.39, 0.29) is 0 Å². The van der Waals surface area contributed by atoms with Crippen LogP contribution >= 0.6 is 22.7 Å². The Balaban J connectivity index is 0.000000811. The Morgan fingerprint density at radius 1 is 0.409 bits per heavy atom. The molecule has 4 aromatic heterocycles. The normalized spacial score (nSPS) is 11.8. The van der Waals surface area contributed by atoms with Gasteiger partial charge in [-0.3, -0.25) is 0 Å². The zero-order valence-corrected chi connectivity index (χ0v) is 39.5. The summed E-state index contributed by atoms with van der Waals surface area (Å²) in [4.78, 5) is 1.19. The lowest BCUT2D eigenvalue weighted by Crippen LogP contribution is -1.98. The first-order chi connectivity index (χ1) is 32.5. The van der Waals surface area contributed by atoms with Gasteiger partial charge in [0.15, 0.2) is 0 Å². The van der Waals surface area contributed by atoms with E-state index in [2.05, 4.69) is 213 Å². The van der Waals surface area contributed by atoms with Crippen molar-refractivity contribution in [3.63, 3.8) is 0 Å². The van der Waals surface area contributed by atoms with Crippen molar-refractivity contribution in [1.29, 1.82) is 0 Å². The number of hydrogen-bond acceptors (Lipinski definition) is 2. The molecule has 320 valence electrons. The quantitative estimate of drug-likeness (QED) is 0.116. The highest BCUT2D eigenvalue weighted by Crippen LogP contribution is 2.51. The van der Waals surface area contributed by atoms with Gasteiger partial charge in [-0.25, -0.2) is 0 Å². The monoisotopic (exact) mass is 886 g/mol. The molecule has 0 unspecified atom stereocenters. The van der Waals surface area contributed by atoms with Gasteiger partial charge in [-0.2, -0.15) is 0 Å². The van der Waals surface area contributed by atoms with Crippen LogP contribution in [0.3, 0.4) is 0 Å². The van der Waals surface area contributed by atoms with Crippen molar-refractivity contribution in [2.45, 2.75) is 27.7 Å². The van der Waals surface area contributed by atoms with E-state index in [1.54, 1.807) is 23.5 Å². The van der Waals surface area contributed by atoms with E-state index in [0.29, 0.717) is 0 Å². The molecule has 4 heteroatoms. The molecule has 0 spiro atoms. The molecule has 0 aliphatic heterocycles. The maximum absolute atomic E-state index is 4.51. The molecule has 0 aliphatic rings. The van der Waals surface area contributed by atoms with E-state index in [1.165, 1.54) is 111 Å². The van der Waals surface area contributed by atoms with Gasteiger partial charge in [-0.15, -0.1) is 35.8 Å². The summed E-state index contributed by atoms with van der Waals surface area (Å²) >= 11 is 3.66. The standard InChI is InChI=1S/C56H38N2S2.2C3H6/c1-5-17-35-43-32-34(28-29-49(43)59-47(35)8-4)58-46-25-15-13-24-42(46)53-54-51(38-21-10-12-23-40(38)56(53)58)37-20-9-11-22-39(37)55-52(54)41(18-6-2)45(7-3)57(55)33-27-30-50-44(31-33)36-19-14-16-26-48(36)60-50;2*1-3-2/h5-32H,3-4H2,1-2H3;2*3H,1H2,2H3/b17-5-,18-6-;;. The molecule has 0 N–H and O–H groups in total. The number of benzene rings is 8. The minimum atomic E-state index is 1.09. The molecule has 8 aromatic carbocycles. The molecule has 0 saturated heterocycles. The van der Waals surface area contributed by atoms with Gasteiger partial charge in [0.2, 0.25) is 0 Å². The first kappa shape index (κ1) is 42.5. The van der Waals surface area contributed by atoms with Crippen LogP contribution in [0.4, 0.5) is 0 Å². The summed E-state index contributed by atoms with van der Waals surface area (Å²) in [6.45, 7) is 23.4. The third kappa shape index (κ3) is 6.43. The van der Waals surface area contributed by atoms with Crippen molar-refractivity contribution in [2.24, 2.45) is 0 Å². The molecule has 12 rings (SSSR count). The SMILES string of the molecule is C=CC.C=CC.C=Cc1sc2ccc(-n3c4ccccc4c4c5c6c(/C=C\C)c(C=C)n(-c7ccc8sc9ccccc9c8c7)c6c6ccccc6c5c5ccccc5c43)cc2c1/C=C\C. The van der Waals surface area contributed by atoms with Crippen LogP contribution in [0.15, 0.2) is 184 Å². The number of para-hydroxylation sites is 1. The number of allylic oxidation sites excluding steroid dienone is 4. The van der Waals surface area contributed by atoms with Crippen LogP contribution in [0.25, 0.3) is 131 Å². The van der Waals surface area contributed by atoms with Crippen LogP contribution in [-0.2, 0) is 0 Å². The summed E-state index contributed by atoms with van der Waals surface area (Å²) in [6.07, 6.45) is 16.4. The fourth-order valence-electron chi connectivity index (χ4n) is 10.1. The number of nitrogens with zero attached hydrogens (tertiary/aromatic N) is 2. The molecular formula is C62H50N2S2. The maximum atomic E-state index is 4.51. The van der Waals surface area contributed by atoms with Gasteiger partial charge in [-0.1, -0.05) is 141 Å². The minimum Gasteiger partial charge on any atom is -0.309 e. The van der Waals surface area contributed by atoms with Gasteiger partial charge in [0.05, 0.1) is 22.2 Å². The average Bonchev–Trinajstić information content (AvgIpc) is 4.10. The van der Waals surface area contributed by atoms with Crippen LogP contribution in [0, 0.1) is 0 Å². The highest BCUT2D eigenvalue weighted by atomic mass is 32.1. The Hall–Kier alpha value is -7.50. The average molecular weight is 887 g/mol. The lowest BCUT2D eigenvalue weighted by atomic mass is 9.89.